The predicted octanol–water partition coefficient (Wildman–Crippen LogP) is 0.270. The first-order chi connectivity index (χ1) is 5.08. The minimum atomic E-state index is -1.44. The molecule has 0 radical (unpaired) electrons. The van der Waals surface area contributed by atoms with Gasteiger partial charge < -0.3 is 9.84 Å². The first-order valence-corrected chi connectivity index (χ1v) is 3.51. The summed E-state index contributed by atoms with van der Waals surface area (Å²) in [4.78, 5) is 10.3. The fourth-order valence-corrected chi connectivity index (χ4v) is 0.977. The summed E-state index contributed by atoms with van der Waals surface area (Å²) < 4.78 is 17.6. The summed E-state index contributed by atoms with van der Waals surface area (Å²) in [5, 5.41) is 8.53. The van der Waals surface area contributed by atoms with Gasteiger partial charge in [-0.05, 0) is 6.42 Å². The van der Waals surface area contributed by atoms with Crippen LogP contribution >= 0.6 is 0 Å². The number of hydrogen-bond donors (Lipinski definition) is 1. The van der Waals surface area contributed by atoms with E-state index in [0.29, 0.717) is 6.42 Å². The molecule has 1 aliphatic rings. The summed E-state index contributed by atoms with van der Waals surface area (Å²) in [5.41, 5.74) is -1.44. The predicted molar refractivity (Wildman–Crippen MR) is 35.7 cm³/mol. The Hall–Kier alpha value is -0.640. The second-order valence-electron chi connectivity index (χ2n) is 2.90. The molecule has 1 saturated carbocycles. The molecule has 0 aromatic carbocycles. The van der Waals surface area contributed by atoms with E-state index in [1.54, 1.807) is 0 Å². The third-order valence-electron chi connectivity index (χ3n) is 1.89. The Balaban J connectivity index is 2.23. The van der Waals surface area contributed by atoms with Gasteiger partial charge in [-0.15, -0.1) is 0 Å². The molecule has 0 spiro atoms. The van der Waals surface area contributed by atoms with Crippen LogP contribution in [0.2, 0.25) is 0 Å². The van der Waals surface area contributed by atoms with Crippen molar-refractivity contribution >= 4 is 5.97 Å². The number of hydrogen-bond acceptors (Lipinski definition) is 3. The van der Waals surface area contributed by atoms with E-state index >= 15 is 0 Å². The molecule has 0 aliphatic heterocycles. The van der Waals surface area contributed by atoms with Crippen LogP contribution in [0.3, 0.4) is 0 Å². The number of alkyl halides is 1. The van der Waals surface area contributed by atoms with E-state index in [2.05, 4.69) is 4.74 Å². The van der Waals surface area contributed by atoms with Gasteiger partial charge >= 0.3 is 5.97 Å². The lowest BCUT2D eigenvalue weighted by molar-refractivity contribution is -0.143. The third kappa shape index (κ3) is 1.89. The number of rotatable bonds is 3. The van der Waals surface area contributed by atoms with Crippen LogP contribution < -0.4 is 0 Å². The maximum atomic E-state index is 13.1. The Morgan fingerprint density at radius 2 is 2.55 bits per heavy atom. The van der Waals surface area contributed by atoms with Crippen LogP contribution in [-0.4, -0.2) is 30.0 Å². The summed E-state index contributed by atoms with van der Waals surface area (Å²) in [6.45, 7) is 0.852. The normalized spacial score (nSPS) is 35.0. The molecule has 0 heterocycles. The van der Waals surface area contributed by atoms with Gasteiger partial charge in [0, 0.05) is 19.4 Å². The first-order valence-electron chi connectivity index (χ1n) is 3.51. The van der Waals surface area contributed by atoms with Crippen LogP contribution in [0.25, 0.3) is 0 Å². The summed E-state index contributed by atoms with van der Waals surface area (Å²) in [7, 11) is 0. The summed E-state index contributed by atoms with van der Waals surface area (Å²) in [6.07, 6.45) is 0.302. The minimum Gasteiger partial charge on any atom is -0.462 e. The number of esters is 1. The van der Waals surface area contributed by atoms with E-state index in [4.69, 9.17) is 5.11 Å². The molecular weight excluding hydrogens is 151 g/mol. The number of ether oxygens (including phenoxy) is 1. The van der Waals surface area contributed by atoms with E-state index in [-0.39, 0.29) is 19.1 Å². The average Bonchev–Trinajstić information content (AvgIpc) is 2.59. The van der Waals surface area contributed by atoms with Crippen molar-refractivity contribution in [1.82, 2.24) is 0 Å². The zero-order chi connectivity index (χ0) is 8.48. The van der Waals surface area contributed by atoms with E-state index in [1.807, 2.05) is 0 Å². The Morgan fingerprint density at radius 3 is 2.91 bits per heavy atom. The van der Waals surface area contributed by atoms with Crippen LogP contribution in [0.15, 0.2) is 0 Å². The van der Waals surface area contributed by atoms with Gasteiger partial charge in [0.1, 0.15) is 6.61 Å². The Morgan fingerprint density at radius 1 is 1.91 bits per heavy atom. The van der Waals surface area contributed by atoms with E-state index in [0.717, 1.165) is 0 Å². The zero-order valence-corrected chi connectivity index (χ0v) is 6.34. The standard InChI is InChI=1S/C7H11FO3/c1-5(10)11-4-7(8)2-6(7)3-9/h6,9H,2-4H2,1H3/t6-,7-/m0/s1. The van der Waals surface area contributed by atoms with Crippen LogP contribution in [0.4, 0.5) is 4.39 Å². The minimum absolute atomic E-state index is 0.169. The van der Waals surface area contributed by atoms with Crippen molar-refractivity contribution < 1.29 is 19.0 Å². The number of carbonyl (C=O) groups is 1. The molecule has 2 atom stereocenters. The number of aliphatic hydroxyl groups excluding tert-OH is 1. The Labute approximate surface area is 64.2 Å². The topological polar surface area (TPSA) is 46.5 Å². The fourth-order valence-electron chi connectivity index (χ4n) is 0.977. The highest BCUT2D eigenvalue weighted by Gasteiger charge is 2.55. The van der Waals surface area contributed by atoms with Gasteiger partial charge in [-0.3, -0.25) is 4.79 Å². The van der Waals surface area contributed by atoms with Crippen molar-refractivity contribution in [3.63, 3.8) is 0 Å². The monoisotopic (exact) mass is 162 g/mol. The quantitative estimate of drug-likeness (QED) is 0.606. The molecule has 1 fully saturated rings. The average molecular weight is 162 g/mol. The van der Waals surface area contributed by atoms with Gasteiger partial charge in [-0.1, -0.05) is 0 Å². The molecule has 0 unspecified atom stereocenters. The van der Waals surface area contributed by atoms with Crippen molar-refractivity contribution in [1.29, 1.82) is 0 Å². The highest BCUT2D eigenvalue weighted by molar-refractivity contribution is 5.66. The van der Waals surface area contributed by atoms with Crippen molar-refractivity contribution in [2.75, 3.05) is 13.2 Å². The van der Waals surface area contributed by atoms with E-state index in [1.165, 1.54) is 6.92 Å². The van der Waals surface area contributed by atoms with Crippen molar-refractivity contribution in [2.24, 2.45) is 5.92 Å². The van der Waals surface area contributed by atoms with Gasteiger partial charge in [0.15, 0.2) is 5.67 Å². The van der Waals surface area contributed by atoms with Gasteiger partial charge in [0.05, 0.1) is 0 Å². The smallest absolute Gasteiger partial charge is 0.302 e. The zero-order valence-electron chi connectivity index (χ0n) is 6.34. The highest BCUT2D eigenvalue weighted by atomic mass is 19.1. The van der Waals surface area contributed by atoms with E-state index < -0.39 is 11.6 Å². The van der Waals surface area contributed by atoms with Gasteiger partial charge in [-0.2, -0.15) is 0 Å². The molecule has 0 bridgehead atoms. The van der Waals surface area contributed by atoms with Crippen LogP contribution in [0.1, 0.15) is 13.3 Å². The number of aliphatic hydroxyl groups is 1. The van der Waals surface area contributed by atoms with Crippen LogP contribution in [-0.2, 0) is 9.53 Å². The molecule has 0 amide bonds. The molecule has 0 aromatic heterocycles. The molecule has 3 nitrogen and oxygen atoms in total. The summed E-state index contributed by atoms with van der Waals surface area (Å²) >= 11 is 0. The van der Waals surface area contributed by atoms with Gasteiger partial charge in [0.25, 0.3) is 0 Å². The fraction of sp³-hybridized carbons (Fsp3) is 0.857. The van der Waals surface area contributed by atoms with Crippen molar-refractivity contribution in [3.05, 3.63) is 0 Å². The maximum Gasteiger partial charge on any atom is 0.302 e. The maximum absolute atomic E-state index is 13.1. The highest BCUT2D eigenvalue weighted by Crippen LogP contribution is 2.46. The SMILES string of the molecule is CC(=O)OC[C@@]1(F)C[C@H]1CO. The molecule has 1 N–H and O–H groups in total. The lowest BCUT2D eigenvalue weighted by Crippen LogP contribution is -2.17. The van der Waals surface area contributed by atoms with E-state index in [9.17, 15) is 9.18 Å². The molecule has 0 saturated heterocycles. The Kier molecular flexibility index (Phi) is 2.13. The lowest BCUT2D eigenvalue weighted by Gasteiger charge is -2.05. The first kappa shape index (κ1) is 8.46. The third-order valence-corrected chi connectivity index (χ3v) is 1.89. The molecule has 4 heteroatoms. The van der Waals surface area contributed by atoms with Gasteiger partial charge in [-0.25, -0.2) is 4.39 Å². The lowest BCUT2D eigenvalue weighted by atomic mass is 10.3. The number of halogens is 1. The van der Waals surface area contributed by atoms with Crippen LogP contribution in [0.5, 0.6) is 0 Å². The summed E-state index contributed by atoms with van der Waals surface area (Å²) in [5.74, 6) is -0.813. The molecule has 1 rings (SSSR count). The van der Waals surface area contributed by atoms with Crippen LogP contribution in [0, 0.1) is 5.92 Å². The largest absolute Gasteiger partial charge is 0.462 e. The molecule has 11 heavy (non-hydrogen) atoms. The second-order valence-corrected chi connectivity index (χ2v) is 2.90. The Bertz CT molecular complexity index is 171. The van der Waals surface area contributed by atoms with Gasteiger partial charge in [0.2, 0.25) is 0 Å². The molecular formula is C7H11FO3. The summed E-state index contributed by atoms with van der Waals surface area (Å²) in [6, 6.07) is 0. The molecule has 0 aromatic rings. The van der Waals surface area contributed by atoms with Crippen molar-refractivity contribution in [2.45, 2.75) is 19.0 Å². The number of carbonyl (C=O) groups excluding carboxylic acids is 1. The molecule has 1 aliphatic carbocycles. The second kappa shape index (κ2) is 2.77. The molecule has 64 valence electrons. The van der Waals surface area contributed by atoms with Crippen molar-refractivity contribution in [3.8, 4) is 0 Å².